The molecule has 0 aromatic carbocycles. The summed E-state index contributed by atoms with van der Waals surface area (Å²) in [6, 6.07) is -0.106. The standard InChI is InChI=1S/C29H43N5O5/c1-17(2)25(35)32-21-16-34(27(37)39-29(6,7)8)24-22(21)23(20(14-30-24)18-11-12-18)33-13-9-10-19(15-33)31-26(36)38-28(3,4)5/h14,16-19H,9-13,15H2,1-8H3,(H,31,36)(H,32,35)/t19-/m1/s1. The fourth-order valence-electron chi connectivity index (χ4n) is 4.82. The van der Waals surface area contributed by atoms with Crippen molar-refractivity contribution < 1.29 is 23.9 Å². The van der Waals surface area contributed by atoms with E-state index in [1.54, 1.807) is 6.20 Å². The molecule has 2 aromatic rings. The number of piperidine rings is 1. The molecule has 2 amide bonds. The van der Waals surface area contributed by atoms with Crippen LogP contribution < -0.4 is 15.5 Å². The van der Waals surface area contributed by atoms with Crippen LogP contribution in [0.25, 0.3) is 11.0 Å². The van der Waals surface area contributed by atoms with Gasteiger partial charge in [-0.15, -0.1) is 0 Å². The van der Waals surface area contributed by atoms with Crippen molar-refractivity contribution >= 4 is 40.5 Å². The molecule has 1 saturated carbocycles. The summed E-state index contributed by atoms with van der Waals surface area (Å²) in [4.78, 5) is 45.6. The van der Waals surface area contributed by atoms with E-state index in [4.69, 9.17) is 14.5 Å². The van der Waals surface area contributed by atoms with Gasteiger partial charge in [0.2, 0.25) is 5.91 Å². The Morgan fingerprint density at radius 1 is 1.03 bits per heavy atom. The van der Waals surface area contributed by atoms with E-state index in [0.29, 0.717) is 23.8 Å². The second kappa shape index (κ2) is 10.7. The van der Waals surface area contributed by atoms with E-state index in [1.165, 1.54) is 4.57 Å². The molecule has 2 aliphatic rings. The highest BCUT2D eigenvalue weighted by Gasteiger charge is 2.35. The highest BCUT2D eigenvalue weighted by molar-refractivity contribution is 6.10. The third-order valence-electron chi connectivity index (χ3n) is 6.66. The molecule has 1 saturated heterocycles. The van der Waals surface area contributed by atoms with Crippen molar-refractivity contribution in [3.8, 4) is 0 Å². The zero-order valence-corrected chi connectivity index (χ0v) is 24.5. The van der Waals surface area contributed by atoms with Crippen molar-refractivity contribution in [1.29, 1.82) is 0 Å². The van der Waals surface area contributed by atoms with Gasteiger partial charge in [-0.2, -0.15) is 0 Å². The van der Waals surface area contributed by atoms with Crippen LogP contribution in [0.3, 0.4) is 0 Å². The van der Waals surface area contributed by atoms with Crippen LogP contribution in [0.1, 0.15) is 92.6 Å². The Morgan fingerprint density at radius 3 is 2.28 bits per heavy atom. The molecule has 39 heavy (non-hydrogen) atoms. The minimum Gasteiger partial charge on any atom is -0.444 e. The second-order valence-electron chi connectivity index (χ2n) is 13.0. The van der Waals surface area contributed by atoms with Gasteiger partial charge in [0.05, 0.1) is 16.8 Å². The maximum Gasteiger partial charge on any atom is 0.420 e. The van der Waals surface area contributed by atoms with Gasteiger partial charge >= 0.3 is 12.2 Å². The van der Waals surface area contributed by atoms with Gasteiger partial charge in [-0.05, 0) is 78.7 Å². The lowest BCUT2D eigenvalue weighted by Gasteiger charge is -2.36. The lowest BCUT2D eigenvalue weighted by molar-refractivity contribution is -0.118. The molecule has 214 valence electrons. The zero-order valence-electron chi connectivity index (χ0n) is 24.5. The molecule has 10 heteroatoms. The molecule has 0 bridgehead atoms. The molecule has 0 unspecified atom stereocenters. The molecular weight excluding hydrogens is 498 g/mol. The highest BCUT2D eigenvalue weighted by atomic mass is 16.6. The highest BCUT2D eigenvalue weighted by Crippen LogP contribution is 2.48. The fourth-order valence-corrected chi connectivity index (χ4v) is 4.82. The molecule has 2 aromatic heterocycles. The summed E-state index contributed by atoms with van der Waals surface area (Å²) in [6.45, 7) is 16.0. The smallest absolute Gasteiger partial charge is 0.420 e. The summed E-state index contributed by atoms with van der Waals surface area (Å²) in [7, 11) is 0. The number of amides is 2. The Kier molecular flexibility index (Phi) is 7.87. The van der Waals surface area contributed by atoms with Crippen LogP contribution in [0, 0.1) is 5.92 Å². The number of alkyl carbamates (subject to hydrolysis) is 1. The zero-order chi connectivity index (χ0) is 28.7. The van der Waals surface area contributed by atoms with Crippen molar-refractivity contribution in [2.75, 3.05) is 23.3 Å². The molecule has 10 nitrogen and oxygen atoms in total. The SMILES string of the molecule is CC(C)C(=O)Nc1cn(C(=O)OC(C)(C)C)c2ncc(C3CC3)c(N3CCC[C@@H](NC(=O)OC(C)(C)C)C3)c12. The number of rotatable bonds is 5. The summed E-state index contributed by atoms with van der Waals surface area (Å²) in [5, 5.41) is 6.78. The van der Waals surface area contributed by atoms with Crippen molar-refractivity contribution in [3.05, 3.63) is 18.0 Å². The third kappa shape index (κ3) is 7.02. The van der Waals surface area contributed by atoms with Crippen LogP contribution in [-0.4, -0.2) is 58.0 Å². The third-order valence-corrected chi connectivity index (χ3v) is 6.66. The van der Waals surface area contributed by atoms with Crippen LogP contribution in [0.5, 0.6) is 0 Å². The molecule has 3 heterocycles. The van der Waals surface area contributed by atoms with E-state index >= 15 is 0 Å². The monoisotopic (exact) mass is 541 g/mol. The number of fused-ring (bicyclic) bond motifs is 1. The average molecular weight is 542 g/mol. The number of hydrogen-bond donors (Lipinski definition) is 2. The number of hydrogen-bond acceptors (Lipinski definition) is 7. The number of ether oxygens (including phenoxy) is 2. The van der Waals surface area contributed by atoms with Crippen molar-refractivity contribution in [2.45, 2.75) is 104 Å². The Hall–Kier alpha value is -3.30. The normalized spacial score (nSPS) is 18.3. The van der Waals surface area contributed by atoms with Crippen LogP contribution in [0.2, 0.25) is 0 Å². The number of carbonyl (C=O) groups is 3. The van der Waals surface area contributed by atoms with Gasteiger partial charge in [0.1, 0.15) is 11.2 Å². The van der Waals surface area contributed by atoms with E-state index in [9.17, 15) is 14.4 Å². The number of aromatic nitrogens is 2. The van der Waals surface area contributed by atoms with E-state index in [1.807, 2.05) is 61.6 Å². The molecule has 2 fully saturated rings. The van der Waals surface area contributed by atoms with Crippen LogP contribution in [0.15, 0.2) is 12.4 Å². The average Bonchev–Trinajstić information content (AvgIpc) is 3.58. The van der Waals surface area contributed by atoms with Crippen molar-refractivity contribution in [1.82, 2.24) is 14.9 Å². The Morgan fingerprint density at radius 2 is 1.69 bits per heavy atom. The Bertz CT molecular complexity index is 1250. The fraction of sp³-hybridized carbons (Fsp3) is 0.655. The maximum absolute atomic E-state index is 13.2. The number of anilines is 2. The summed E-state index contributed by atoms with van der Waals surface area (Å²) in [6.07, 6.45) is 6.31. The van der Waals surface area contributed by atoms with Crippen LogP contribution in [-0.2, 0) is 14.3 Å². The van der Waals surface area contributed by atoms with E-state index in [-0.39, 0.29) is 17.9 Å². The first-order chi connectivity index (χ1) is 18.1. The predicted octanol–water partition coefficient (Wildman–Crippen LogP) is 5.78. The number of nitrogens with zero attached hydrogens (tertiary/aromatic N) is 3. The quantitative estimate of drug-likeness (QED) is 0.493. The first kappa shape index (κ1) is 28.7. The number of pyridine rings is 1. The van der Waals surface area contributed by atoms with Gasteiger partial charge in [0, 0.05) is 37.4 Å². The molecule has 2 N–H and O–H groups in total. The Labute approximate surface area is 230 Å². The second-order valence-corrected chi connectivity index (χ2v) is 13.0. The van der Waals surface area contributed by atoms with E-state index in [2.05, 4.69) is 15.5 Å². The molecule has 0 radical (unpaired) electrons. The minimum atomic E-state index is -0.695. The van der Waals surface area contributed by atoms with Gasteiger partial charge in [0.25, 0.3) is 0 Å². The number of carbonyl (C=O) groups excluding carboxylic acids is 3. The first-order valence-corrected chi connectivity index (χ1v) is 14.0. The van der Waals surface area contributed by atoms with Gasteiger partial charge in [-0.25, -0.2) is 19.1 Å². The van der Waals surface area contributed by atoms with Crippen LogP contribution >= 0.6 is 0 Å². The lowest BCUT2D eigenvalue weighted by atomic mass is 10.0. The van der Waals surface area contributed by atoms with E-state index in [0.717, 1.165) is 48.9 Å². The predicted molar refractivity (Wildman–Crippen MR) is 151 cm³/mol. The van der Waals surface area contributed by atoms with Crippen LogP contribution in [0.4, 0.5) is 21.0 Å². The minimum absolute atomic E-state index is 0.106. The summed E-state index contributed by atoms with van der Waals surface area (Å²) >= 11 is 0. The lowest BCUT2D eigenvalue weighted by Crippen LogP contribution is -2.49. The van der Waals surface area contributed by atoms with Crippen molar-refractivity contribution in [2.24, 2.45) is 5.92 Å². The number of nitrogens with one attached hydrogen (secondary N) is 2. The summed E-state index contributed by atoms with van der Waals surface area (Å²) in [5.41, 5.74) is 1.75. The molecule has 1 aliphatic carbocycles. The maximum atomic E-state index is 13.2. The molecule has 0 spiro atoms. The largest absolute Gasteiger partial charge is 0.444 e. The first-order valence-electron chi connectivity index (χ1n) is 14.0. The van der Waals surface area contributed by atoms with E-state index < -0.39 is 23.4 Å². The molecule has 1 aliphatic heterocycles. The van der Waals surface area contributed by atoms with Crippen molar-refractivity contribution in [3.63, 3.8) is 0 Å². The van der Waals surface area contributed by atoms with Gasteiger partial charge in [0.15, 0.2) is 5.65 Å². The summed E-state index contributed by atoms with van der Waals surface area (Å²) < 4.78 is 12.6. The van der Waals surface area contributed by atoms with Gasteiger partial charge in [-0.3, -0.25) is 4.79 Å². The molecular formula is C29H43N5O5. The van der Waals surface area contributed by atoms with Gasteiger partial charge < -0.3 is 25.0 Å². The molecule has 1 atom stereocenters. The summed E-state index contributed by atoms with van der Waals surface area (Å²) in [5.74, 6) is -0.0240. The Balaban J connectivity index is 1.78. The molecule has 4 rings (SSSR count). The topological polar surface area (TPSA) is 115 Å². The van der Waals surface area contributed by atoms with Gasteiger partial charge in [-0.1, -0.05) is 13.8 Å².